The highest BCUT2D eigenvalue weighted by molar-refractivity contribution is 6.31. The van der Waals surface area contributed by atoms with Crippen LogP contribution in [-0.2, 0) is 17.9 Å². The Morgan fingerprint density at radius 2 is 2.18 bits per heavy atom. The van der Waals surface area contributed by atoms with Crippen molar-refractivity contribution >= 4 is 11.6 Å². The quantitative estimate of drug-likeness (QED) is 0.917. The zero-order chi connectivity index (χ0) is 15.4. The minimum absolute atomic E-state index is 0.231. The summed E-state index contributed by atoms with van der Waals surface area (Å²) in [6.07, 6.45) is 5.56. The number of nitrogens with zero attached hydrogens (tertiary/aromatic N) is 2. The van der Waals surface area contributed by atoms with Crippen molar-refractivity contribution in [1.29, 1.82) is 0 Å². The number of hydrogen-bond acceptors (Lipinski definition) is 3. The number of aromatic nitrogens is 2. The average molecular weight is 324 g/mol. The Bertz CT molecular complexity index is 577. The minimum Gasteiger partial charge on any atom is -0.372 e. The maximum Gasteiger partial charge on any atom is 0.129 e. The van der Waals surface area contributed by atoms with Crippen molar-refractivity contribution in [3.63, 3.8) is 0 Å². The zero-order valence-electron chi connectivity index (χ0n) is 12.3. The van der Waals surface area contributed by atoms with Gasteiger partial charge in [-0.15, -0.1) is 0 Å². The van der Waals surface area contributed by atoms with E-state index >= 15 is 0 Å². The highest BCUT2D eigenvalue weighted by Gasteiger charge is 2.21. The van der Waals surface area contributed by atoms with Gasteiger partial charge in [-0.05, 0) is 25.0 Å². The first-order chi connectivity index (χ1) is 10.7. The van der Waals surface area contributed by atoms with Crippen LogP contribution in [0.5, 0.6) is 0 Å². The molecule has 1 aliphatic heterocycles. The molecule has 1 saturated heterocycles. The summed E-state index contributed by atoms with van der Waals surface area (Å²) in [6.45, 7) is 2.89. The van der Waals surface area contributed by atoms with Crippen molar-refractivity contribution < 1.29 is 9.13 Å². The smallest absolute Gasteiger partial charge is 0.129 e. The Balaban J connectivity index is 1.47. The number of piperidine rings is 1. The SMILES string of the molecule is Fc1cccc(Cl)c1CN1CCC(OCc2cnc[nH]2)CC1. The lowest BCUT2D eigenvalue weighted by Crippen LogP contribution is -2.36. The van der Waals surface area contributed by atoms with E-state index in [1.165, 1.54) is 6.07 Å². The molecule has 6 heteroatoms. The first kappa shape index (κ1) is 15.5. The van der Waals surface area contributed by atoms with E-state index in [1.807, 2.05) is 0 Å². The second-order valence-electron chi connectivity index (χ2n) is 5.56. The summed E-state index contributed by atoms with van der Waals surface area (Å²) in [5.41, 5.74) is 1.57. The van der Waals surface area contributed by atoms with Gasteiger partial charge in [-0.25, -0.2) is 9.37 Å². The average Bonchev–Trinajstić information content (AvgIpc) is 3.04. The van der Waals surface area contributed by atoms with E-state index in [4.69, 9.17) is 16.3 Å². The lowest BCUT2D eigenvalue weighted by atomic mass is 10.1. The van der Waals surface area contributed by atoms with Crippen molar-refractivity contribution in [2.75, 3.05) is 13.1 Å². The van der Waals surface area contributed by atoms with E-state index < -0.39 is 0 Å². The number of H-pyrrole nitrogens is 1. The van der Waals surface area contributed by atoms with Gasteiger partial charge in [0.15, 0.2) is 0 Å². The third-order valence-electron chi connectivity index (χ3n) is 4.01. The number of benzene rings is 1. The fourth-order valence-electron chi connectivity index (χ4n) is 2.71. The third kappa shape index (κ3) is 3.85. The van der Waals surface area contributed by atoms with Gasteiger partial charge >= 0.3 is 0 Å². The van der Waals surface area contributed by atoms with Gasteiger partial charge in [-0.2, -0.15) is 0 Å². The molecule has 118 valence electrons. The monoisotopic (exact) mass is 323 g/mol. The van der Waals surface area contributed by atoms with Crippen LogP contribution in [0.4, 0.5) is 4.39 Å². The highest BCUT2D eigenvalue weighted by Crippen LogP contribution is 2.23. The molecule has 1 aliphatic rings. The standard InChI is InChI=1S/C16H19ClFN3O/c17-15-2-1-3-16(18)14(15)9-21-6-4-13(5-7-21)22-10-12-8-19-11-20-12/h1-3,8,11,13H,4-7,9-10H2,(H,19,20). The molecule has 4 nitrogen and oxygen atoms in total. The van der Waals surface area contributed by atoms with Gasteiger partial charge in [0.1, 0.15) is 5.82 Å². The summed E-state index contributed by atoms with van der Waals surface area (Å²) in [5.74, 6) is -0.231. The summed E-state index contributed by atoms with van der Waals surface area (Å²) in [6, 6.07) is 4.83. The van der Waals surface area contributed by atoms with E-state index in [1.54, 1.807) is 24.7 Å². The van der Waals surface area contributed by atoms with Crippen molar-refractivity contribution in [3.05, 3.63) is 52.8 Å². The van der Waals surface area contributed by atoms with E-state index in [0.29, 0.717) is 23.7 Å². The number of likely N-dealkylation sites (tertiary alicyclic amines) is 1. The number of nitrogens with one attached hydrogen (secondary N) is 1. The van der Waals surface area contributed by atoms with Crippen LogP contribution in [-0.4, -0.2) is 34.1 Å². The highest BCUT2D eigenvalue weighted by atomic mass is 35.5. The predicted octanol–water partition coefficient (Wildman–Crippen LogP) is 3.38. The second kappa shape index (κ2) is 7.22. The summed E-state index contributed by atoms with van der Waals surface area (Å²) >= 11 is 6.08. The van der Waals surface area contributed by atoms with E-state index in [-0.39, 0.29) is 11.9 Å². The van der Waals surface area contributed by atoms with Gasteiger partial charge in [0.2, 0.25) is 0 Å². The van der Waals surface area contributed by atoms with Crippen LogP contribution in [0.1, 0.15) is 24.1 Å². The maximum absolute atomic E-state index is 13.8. The molecule has 1 aromatic heterocycles. The molecular weight excluding hydrogens is 305 g/mol. The number of halogens is 2. The van der Waals surface area contributed by atoms with Gasteiger partial charge in [0, 0.05) is 30.2 Å². The summed E-state index contributed by atoms with van der Waals surface area (Å²) in [4.78, 5) is 9.22. The van der Waals surface area contributed by atoms with Crippen molar-refractivity contribution in [2.45, 2.75) is 32.1 Å². The largest absolute Gasteiger partial charge is 0.372 e. The lowest BCUT2D eigenvalue weighted by Gasteiger charge is -2.32. The number of hydrogen-bond donors (Lipinski definition) is 1. The molecule has 0 bridgehead atoms. The maximum atomic E-state index is 13.8. The van der Waals surface area contributed by atoms with Crippen LogP contribution in [0, 0.1) is 5.82 Å². The molecule has 2 aromatic rings. The molecule has 22 heavy (non-hydrogen) atoms. The molecule has 1 aromatic carbocycles. The van der Waals surface area contributed by atoms with Crippen LogP contribution in [0.15, 0.2) is 30.7 Å². The third-order valence-corrected chi connectivity index (χ3v) is 4.36. The number of aromatic amines is 1. The molecule has 1 N–H and O–H groups in total. The normalized spacial score (nSPS) is 17.0. The topological polar surface area (TPSA) is 41.1 Å². The molecule has 3 rings (SSSR count). The van der Waals surface area contributed by atoms with Crippen molar-refractivity contribution in [1.82, 2.24) is 14.9 Å². The number of rotatable bonds is 5. The minimum atomic E-state index is -0.231. The molecule has 2 heterocycles. The Morgan fingerprint density at radius 3 is 2.86 bits per heavy atom. The van der Waals surface area contributed by atoms with E-state index in [9.17, 15) is 4.39 Å². The number of ether oxygens (including phenoxy) is 1. The van der Waals surface area contributed by atoms with Crippen LogP contribution < -0.4 is 0 Å². The fraction of sp³-hybridized carbons (Fsp3) is 0.438. The first-order valence-corrected chi connectivity index (χ1v) is 7.84. The number of imidazole rings is 1. The second-order valence-corrected chi connectivity index (χ2v) is 5.97. The van der Waals surface area contributed by atoms with Gasteiger partial charge < -0.3 is 9.72 Å². The Kier molecular flexibility index (Phi) is 5.08. The van der Waals surface area contributed by atoms with E-state index in [0.717, 1.165) is 31.6 Å². The first-order valence-electron chi connectivity index (χ1n) is 7.46. The van der Waals surface area contributed by atoms with Gasteiger partial charge in [-0.3, -0.25) is 4.90 Å². The molecule has 0 saturated carbocycles. The molecule has 0 aliphatic carbocycles. The van der Waals surface area contributed by atoms with E-state index in [2.05, 4.69) is 14.9 Å². The van der Waals surface area contributed by atoms with Gasteiger partial charge in [-0.1, -0.05) is 17.7 Å². The Labute approximate surface area is 134 Å². The van der Waals surface area contributed by atoms with Crippen molar-refractivity contribution in [3.8, 4) is 0 Å². The van der Waals surface area contributed by atoms with Crippen LogP contribution >= 0.6 is 11.6 Å². The Morgan fingerprint density at radius 1 is 1.36 bits per heavy atom. The molecular formula is C16H19ClFN3O. The summed E-state index contributed by atoms with van der Waals surface area (Å²) in [5, 5.41) is 0.498. The molecule has 0 atom stereocenters. The molecule has 0 amide bonds. The van der Waals surface area contributed by atoms with Crippen molar-refractivity contribution in [2.24, 2.45) is 0 Å². The predicted molar refractivity (Wildman–Crippen MR) is 83.1 cm³/mol. The van der Waals surface area contributed by atoms with Crippen LogP contribution in [0.3, 0.4) is 0 Å². The zero-order valence-corrected chi connectivity index (χ0v) is 13.0. The summed E-state index contributed by atoms with van der Waals surface area (Å²) in [7, 11) is 0. The fourth-order valence-corrected chi connectivity index (χ4v) is 2.94. The van der Waals surface area contributed by atoms with Crippen LogP contribution in [0.25, 0.3) is 0 Å². The Hall–Kier alpha value is -1.43. The lowest BCUT2D eigenvalue weighted by molar-refractivity contribution is -0.00525. The molecule has 0 unspecified atom stereocenters. The molecule has 0 spiro atoms. The summed E-state index contributed by atoms with van der Waals surface area (Å²) < 4.78 is 19.7. The molecule has 1 fully saturated rings. The van der Waals surface area contributed by atoms with Crippen LogP contribution in [0.2, 0.25) is 5.02 Å². The van der Waals surface area contributed by atoms with Gasteiger partial charge in [0.25, 0.3) is 0 Å². The molecule has 0 radical (unpaired) electrons. The van der Waals surface area contributed by atoms with Gasteiger partial charge in [0.05, 0.1) is 30.9 Å².